The van der Waals surface area contributed by atoms with Crippen LogP contribution in [0.4, 0.5) is 0 Å². The summed E-state index contributed by atoms with van der Waals surface area (Å²) in [6, 6.07) is 9.92. The number of rotatable bonds is 7. The summed E-state index contributed by atoms with van der Waals surface area (Å²) in [7, 11) is 0. The van der Waals surface area contributed by atoms with E-state index in [1.165, 1.54) is 49.7 Å². The molecule has 1 aliphatic carbocycles. The van der Waals surface area contributed by atoms with Gasteiger partial charge in [0, 0.05) is 6.04 Å². The van der Waals surface area contributed by atoms with Crippen LogP contribution in [0.2, 0.25) is 0 Å². The van der Waals surface area contributed by atoms with Crippen LogP contribution in [0.15, 0.2) is 24.3 Å². The molecule has 0 heterocycles. The minimum absolute atomic E-state index is 0.632. The van der Waals surface area contributed by atoms with Crippen molar-refractivity contribution < 1.29 is 0 Å². The summed E-state index contributed by atoms with van der Waals surface area (Å²) >= 11 is 0. The fourth-order valence-electron chi connectivity index (χ4n) is 3.50. The van der Waals surface area contributed by atoms with Gasteiger partial charge < -0.3 is 5.32 Å². The summed E-state index contributed by atoms with van der Waals surface area (Å²) < 4.78 is 0. The van der Waals surface area contributed by atoms with E-state index in [0.717, 1.165) is 12.5 Å². The maximum Gasteiger partial charge on any atom is 0.0110 e. The van der Waals surface area contributed by atoms with E-state index in [4.69, 9.17) is 0 Å². The monoisotopic (exact) mass is 273 g/mol. The summed E-state index contributed by atoms with van der Waals surface area (Å²) in [4.78, 5) is 0. The first kappa shape index (κ1) is 15.6. The van der Waals surface area contributed by atoms with Crippen LogP contribution in [-0.2, 0) is 6.42 Å². The lowest BCUT2D eigenvalue weighted by Crippen LogP contribution is -2.32. The number of nitrogens with one attached hydrogen (secondary N) is 1. The predicted octanol–water partition coefficient (Wildman–Crippen LogP) is 4.91. The van der Waals surface area contributed by atoms with Gasteiger partial charge in [0.05, 0.1) is 0 Å². The van der Waals surface area contributed by atoms with E-state index in [2.05, 4.69) is 50.4 Å². The zero-order chi connectivity index (χ0) is 14.4. The van der Waals surface area contributed by atoms with Crippen LogP contribution in [0.5, 0.6) is 0 Å². The molecule has 1 aliphatic rings. The molecule has 1 nitrogen and oxygen atoms in total. The van der Waals surface area contributed by atoms with Gasteiger partial charge >= 0.3 is 0 Å². The minimum Gasteiger partial charge on any atom is -0.314 e. The van der Waals surface area contributed by atoms with E-state index in [1.807, 2.05) is 0 Å². The van der Waals surface area contributed by atoms with Gasteiger partial charge in [0.2, 0.25) is 0 Å². The van der Waals surface area contributed by atoms with Crippen LogP contribution in [-0.4, -0.2) is 12.6 Å². The zero-order valence-electron chi connectivity index (χ0n) is 13.5. The fraction of sp³-hybridized carbons (Fsp3) is 0.684. The molecule has 1 fully saturated rings. The molecule has 1 N–H and O–H groups in total. The number of likely N-dealkylation sites (N-methyl/N-ethyl adjacent to an activating group) is 1. The standard InChI is InChI=1S/C19H31N/c1-4-20-19(13-16-7-5-6-8-16)14-17-9-11-18(12-10-17)15(2)3/h9-12,15-16,19-20H,4-8,13-14H2,1-3H3. The second-order valence-electron chi connectivity index (χ2n) is 6.74. The van der Waals surface area contributed by atoms with Crippen molar-refractivity contribution in [1.82, 2.24) is 5.32 Å². The lowest BCUT2D eigenvalue weighted by Gasteiger charge is -2.22. The van der Waals surface area contributed by atoms with Gasteiger partial charge in [-0.25, -0.2) is 0 Å². The molecule has 0 amide bonds. The Balaban J connectivity index is 1.92. The van der Waals surface area contributed by atoms with Gasteiger partial charge in [0.15, 0.2) is 0 Å². The Hall–Kier alpha value is -0.820. The second kappa shape index (κ2) is 7.83. The first-order valence-electron chi connectivity index (χ1n) is 8.51. The number of hydrogen-bond donors (Lipinski definition) is 1. The minimum atomic E-state index is 0.632. The normalized spacial score (nSPS) is 17.8. The molecular weight excluding hydrogens is 242 g/mol. The Morgan fingerprint density at radius 1 is 1.10 bits per heavy atom. The van der Waals surface area contributed by atoms with Crippen molar-refractivity contribution >= 4 is 0 Å². The second-order valence-corrected chi connectivity index (χ2v) is 6.74. The van der Waals surface area contributed by atoms with Crippen LogP contribution in [0, 0.1) is 5.92 Å². The molecule has 0 aromatic heterocycles. The van der Waals surface area contributed by atoms with Gasteiger partial charge in [-0.3, -0.25) is 0 Å². The highest BCUT2D eigenvalue weighted by atomic mass is 14.9. The highest BCUT2D eigenvalue weighted by Crippen LogP contribution is 2.29. The van der Waals surface area contributed by atoms with Crippen molar-refractivity contribution in [2.45, 2.75) is 71.3 Å². The zero-order valence-corrected chi connectivity index (χ0v) is 13.5. The predicted molar refractivity (Wildman–Crippen MR) is 88.3 cm³/mol. The molecule has 1 aromatic rings. The van der Waals surface area contributed by atoms with Gasteiger partial charge in [0.1, 0.15) is 0 Å². The molecule has 0 spiro atoms. The van der Waals surface area contributed by atoms with E-state index >= 15 is 0 Å². The molecule has 0 radical (unpaired) electrons. The molecule has 0 bridgehead atoms. The first-order chi connectivity index (χ1) is 9.69. The van der Waals surface area contributed by atoms with E-state index in [1.54, 1.807) is 0 Å². The highest BCUT2D eigenvalue weighted by Gasteiger charge is 2.19. The third kappa shape index (κ3) is 4.63. The van der Waals surface area contributed by atoms with Gasteiger partial charge in [0.25, 0.3) is 0 Å². The van der Waals surface area contributed by atoms with Gasteiger partial charge in [-0.2, -0.15) is 0 Å². The van der Waals surface area contributed by atoms with Crippen molar-refractivity contribution in [2.24, 2.45) is 5.92 Å². The summed E-state index contributed by atoms with van der Waals surface area (Å²) in [6.45, 7) is 7.83. The quantitative estimate of drug-likeness (QED) is 0.744. The van der Waals surface area contributed by atoms with Crippen LogP contribution in [0.1, 0.15) is 69.9 Å². The smallest absolute Gasteiger partial charge is 0.0110 e. The van der Waals surface area contributed by atoms with E-state index in [9.17, 15) is 0 Å². The van der Waals surface area contributed by atoms with Crippen LogP contribution in [0.25, 0.3) is 0 Å². The Bertz CT molecular complexity index is 373. The summed E-state index contributed by atoms with van der Waals surface area (Å²) in [5, 5.41) is 3.70. The van der Waals surface area contributed by atoms with Crippen molar-refractivity contribution in [3.63, 3.8) is 0 Å². The van der Waals surface area contributed by atoms with Gasteiger partial charge in [-0.1, -0.05) is 70.7 Å². The van der Waals surface area contributed by atoms with Gasteiger partial charge in [-0.05, 0) is 42.3 Å². The van der Waals surface area contributed by atoms with Crippen LogP contribution in [0.3, 0.4) is 0 Å². The first-order valence-corrected chi connectivity index (χ1v) is 8.51. The summed E-state index contributed by atoms with van der Waals surface area (Å²) in [5.74, 6) is 1.60. The van der Waals surface area contributed by atoms with Crippen molar-refractivity contribution in [3.8, 4) is 0 Å². The average Bonchev–Trinajstić information content (AvgIpc) is 2.92. The molecule has 1 atom stereocenters. The Labute approximate surface area is 125 Å². The third-order valence-electron chi connectivity index (χ3n) is 4.71. The third-order valence-corrected chi connectivity index (χ3v) is 4.71. The Morgan fingerprint density at radius 3 is 2.30 bits per heavy atom. The molecule has 1 aromatic carbocycles. The van der Waals surface area contributed by atoms with Crippen LogP contribution >= 0.6 is 0 Å². The van der Waals surface area contributed by atoms with E-state index in [-0.39, 0.29) is 0 Å². The van der Waals surface area contributed by atoms with Crippen molar-refractivity contribution in [3.05, 3.63) is 35.4 Å². The van der Waals surface area contributed by atoms with Crippen molar-refractivity contribution in [1.29, 1.82) is 0 Å². The molecule has 112 valence electrons. The highest BCUT2D eigenvalue weighted by molar-refractivity contribution is 5.25. The van der Waals surface area contributed by atoms with E-state index in [0.29, 0.717) is 12.0 Å². The molecular formula is C19H31N. The SMILES string of the molecule is CCNC(Cc1ccc(C(C)C)cc1)CC1CCCC1. The molecule has 0 aliphatic heterocycles. The fourth-order valence-corrected chi connectivity index (χ4v) is 3.50. The maximum absolute atomic E-state index is 3.70. The van der Waals surface area contributed by atoms with Crippen molar-refractivity contribution in [2.75, 3.05) is 6.54 Å². The topological polar surface area (TPSA) is 12.0 Å². The molecule has 0 saturated heterocycles. The largest absolute Gasteiger partial charge is 0.314 e. The van der Waals surface area contributed by atoms with Gasteiger partial charge in [-0.15, -0.1) is 0 Å². The molecule has 1 heteroatoms. The molecule has 2 rings (SSSR count). The molecule has 20 heavy (non-hydrogen) atoms. The lowest BCUT2D eigenvalue weighted by atomic mass is 9.93. The van der Waals surface area contributed by atoms with E-state index < -0.39 is 0 Å². The van der Waals surface area contributed by atoms with Crippen LogP contribution < -0.4 is 5.32 Å². The Morgan fingerprint density at radius 2 is 1.75 bits per heavy atom. The number of hydrogen-bond acceptors (Lipinski definition) is 1. The average molecular weight is 273 g/mol. The maximum atomic E-state index is 3.70. The molecule has 1 saturated carbocycles. The Kier molecular flexibility index (Phi) is 6.09. The summed E-state index contributed by atoms with van der Waals surface area (Å²) in [5.41, 5.74) is 2.93. The lowest BCUT2D eigenvalue weighted by molar-refractivity contribution is 0.390. The summed E-state index contributed by atoms with van der Waals surface area (Å²) in [6.07, 6.45) is 8.35. The molecule has 1 unspecified atom stereocenters. The number of benzene rings is 1.